The molecule has 0 radical (unpaired) electrons. The molecule has 0 atom stereocenters. The quantitative estimate of drug-likeness (QED) is 0.731. The Morgan fingerprint density at radius 1 is 1.29 bits per heavy atom. The van der Waals surface area contributed by atoms with E-state index in [1.165, 1.54) is 18.4 Å². The molecule has 0 spiro atoms. The molecule has 2 heterocycles. The Bertz CT molecular complexity index is 746. The molecule has 1 aliphatic carbocycles. The molecule has 2 aromatic heterocycles. The number of nitrogen functional groups attached to an aromatic ring is 1. The normalized spacial score (nSPS) is 15.1. The number of hydrogen-bond donors (Lipinski definition) is 1. The van der Waals surface area contributed by atoms with Crippen molar-refractivity contribution in [2.75, 3.05) is 5.73 Å². The second-order valence-corrected chi connectivity index (χ2v) is 6.38. The molecule has 0 amide bonds. The molecule has 5 heteroatoms. The van der Waals surface area contributed by atoms with Crippen LogP contribution in [0.5, 0.6) is 0 Å². The fourth-order valence-electron chi connectivity index (χ4n) is 2.60. The van der Waals surface area contributed by atoms with Crippen molar-refractivity contribution >= 4 is 28.1 Å². The molecule has 0 saturated heterocycles. The van der Waals surface area contributed by atoms with Gasteiger partial charge in [-0.25, -0.2) is 4.98 Å². The predicted octanol–water partition coefficient (Wildman–Crippen LogP) is 3.64. The molecule has 1 fully saturated rings. The van der Waals surface area contributed by atoms with Gasteiger partial charge in [0.2, 0.25) is 5.89 Å². The van der Waals surface area contributed by atoms with Gasteiger partial charge in [0.1, 0.15) is 5.52 Å². The second kappa shape index (κ2) is 5.16. The van der Waals surface area contributed by atoms with E-state index < -0.39 is 0 Å². The molecular formula is C16H17N3OS. The summed E-state index contributed by atoms with van der Waals surface area (Å²) in [7, 11) is 0. The third kappa shape index (κ3) is 2.80. The molecule has 4 rings (SSSR count). The summed E-state index contributed by atoms with van der Waals surface area (Å²) >= 11 is 1.75. The zero-order chi connectivity index (χ0) is 14.2. The topological polar surface area (TPSA) is 55.3 Å². The zero-order valence-corrected chi connectivity index (χ0v) is 12.5. The van der Waals surface area contributed by atoms with Gasteiger partial charge in [-0.15, -0.1) is 0 Å². The van der Waals surface area contributed by atoms with Gasteiger partial charge in [0.25, 0.3) is 0 Å². The van der Waals surface area contributed by atoms with Crippen LogP contribution in [0, 0.1) is 0 Å². The maximum absolute atomic E-state index is 5.85. The highest BCUT2D eigenvalue weighted by Crippen LogP contribution is 2.30. The maximum Gasteiger partial charge on any atom is 0.209 e. The van der Waals surface area contributed by atoms with Crippen LogP contribution in [-0.4, -0.2) is 15.9 Å². The molecule has 1 aromatic carbocycles. The largest absolute Gasteiger partial charge is 0.439 e. The number of nitrogens with zero attached hydrogens (tertiary/aromatic N) is 2. The van der Waals surface area contributed by atoms with Crippen LogP contribution >= 0.6 is 11.3 Å². The van der Waals surface area contributed by atoms with Gasteiger partial charge in [0, 0.05) is 24.3 Å². The van der Waals surface area contributed by atoms with E-state index >= 15 is 0 Å². The first-order chi connectivity index (χ1) is 10.3. The minimum atomic E-state index is 0.671. The van der Waals surface area contributed by atoms with E-state index in [-0.39, 0.29) is 0 Å². The highest BCUT2D eigenvalue weighted by atomic mass is 32.1. The first-order valence-electron chi connectivity index (χ1n) is 7.18. The van der Waals surface area contributed by atoms with Gasteiger partial charge >= 0.3 is 0 Å². The van der Waals surface area contributed by atoms with E-state index in [0.717, 1.165) is 30.1 Å². The standard InChI is InChI=1S/C16H17N3OS/c17-12-1-4-14-15(7-12)20-16(18-14)9-19(13-2-3-13)8-11-5-6-21-10-11/h1,4-7,10,13H,2-3,8-9,17H2. The predicted molar refractivity (Wildman–Crippen MR) is 85.0 cm³/mol. The van der Waals surface area contributed by atoms with Gasteiger partial charge in [0.05, 0.1) is 6.54 Å². The van der Waals surface area contributed by atoms with E-state index in [1.807, 2.05) is 18.2 Å². The fourth-order valence-corrected chi connectivity index (χ4v) is 3.26. The average molecular weight is 299 g/mol. The number of nitrogens with two attached hydrogens (primary N) is 1. The van der Waals surface area contributed by atoms with Crippen LogP contribution in [0.4, 0.5) is 5.69 Å². The SMILES string of the molecule is Nc1ccc2nc(CN(Cc3ccsc3)C3CC3)oc2c1. The molecule has 0 bridgehead atoms. The van der Waals surface area contributed by atoms with Crippen LogP contribution in [-0.2, 0) is 13.1 Å². The van der Waals surface area contributed by atoms with Crippen LogP contribution in [0.15, 0.2) is 39.4 Å². The summed E-state index contributed by atoms with van der Waals surface area (Å²) in [6.07, 6.45) is 2.55. The van der Waals surface area contributed by atoms with Crippen molar-refractivity contribution in [3.8, 4) is 0 Å². The third-order valence-electron chi connectivity index (χ3n) is 3.82. The van der Waals surface area contributed by atoms with E-state index in [0.29, 0.717) is 11.7 Å². The number of fused-ring (bicyclic) bond motifs is 1. The fraction of sp³-hybridized carbons (Fsp3) is 0.312. The van der Waals surface area contributed by atoms with Crippen molar-refractivity contribution in [1.82, 2.24) is 9.88 Å². The second-order valence-electron chi connectivity index (χ2n) is 5.60. The number of thiophene rings is 1. The van der Waals surface area contributed by atoms with Crippen LogP contribution < -0.4 is 5.73 Å². The molecule has 4 nitrogen and oxygen atoms in total. The molecule has 1 aliphatic rings. The molecule has 21 heavy (non-hydrogen) atoms. The molecule has 0 unspecified atom stereocenters. The van der Waals surface area contributed by atoms with Crippen LogP contribution in [0.25, 0.3) is 11.1 Å². The summed E-state index contributed by atoms with van der Waals surface area (Å²) in [5.41, 5.74) is 9.52. The van der Waals surface area contributed by atoms with E-state index in [2.05, 4.69) is 26.7 Å². The average Bonchev–Trinajstić information content (AvgIpc) is 3.04. The molecular weight excluding hydrogens is 282 g/mol. The lowest BCUT2D eigenvalue weighted by Crippen LogP contribution is -2.24. The number of oxazole rings is 1. The summed E-state index contributed by atoms with van der Waals surface area (Å²) in [6, 6.07) is 8.47. The highest BCUT2D eigenvalue weighted by molar-refractivity contribution is 7.07. The zero-order valence-electron chi connectivity index (χ0n) is 11.7. The Morgan fingerprint density at radius 3 is 2.95 bits per heavy atom. The van der Waals surface area contributed by atoms with Crippen molar-refractivity contribution < 1.29 is 4.42 Å². The third-order valence-corrected chi connectivity index (χ3v) is 4.56. The van der Waals surface area contributed by atoms with E-state index in [1.54, 1.807) is 11.3 Å². The van der Waals surface area contributed by atoms with E-state index in [9.17, 15) is 0 Å². The maximum atomic E-state index is 5.85. The number of hydrogen-bond acceptors (Lipinski definition) is 5. The van der Waals surface area contributed by atoms with Crippen molar-refractivity contribution in [2.45, 2.75) is 32.0 Å². The Kier molecular flexibility index (Phi) is 3.16. The van der Waals surface area contributed by atoms with E-state index in [4.69, 9.17) is 10.2 Å². The smallest absolute Gasteiger partial charge is 0.209 e. The minimum Gasteiger partial charge on any atom is -0.439 e. The Balaban J connectivity index is 1.56. The summed E-state index contributed by atoms with van der Waals surface area (Å²) in [4.78, 5) is 7.03. The number of anilines is 1. The summed E-state index contributed by atoms with van der Waals surface area (Å²) < 4.78 is 5.85. The Labute approximate surface area is 127 Å². The molecule has 2 N–H and O–H groups in total. The number of benzene rings is 1. The summed E-state index contributed by atoms with van der Waals surface area (Å²) in [5.74, 6) is 0.776. The van der Waals surface area contributed by atoms with Crippen LogP contribution in [0.3, 0.4) is 0 Å². The lowest BCUT2D eigenvalue weighted by molar-refractivity contribution is 0.223. The monoisotopic (exact) mass is 299 g/mol. The first kappa shape index (κ1) is 12.9. The van der Waals surface area contributed by atoms with Crippen molar-refractivity contribution in [2.24, 2.45) is 0 Å². The summed E-state index contributed by atoms with van der Waals surface area (Å²) in [6.45, 7) is 1.73. The van der Waals surface area contributed by atoms with Gasteiger partial charge in [-0.1, -0.05) is 0 Å². The number of aromatic nitrogens is 1. The first-order valence-corrected chi connectivity index (χ1v) is 8.12. The van der Waals surface area contributed by atoms with Gasteiger partial charge in [-0.3, -0.25) is 4.90 Å². The minimum absolute atomic E-state index is 0.671. The number of rotatable bonds is 5. The Hall–Kier alpha value is -1.85. The molecule has 1 saturated carbocycles. The molecule has 108 valence electrons. The van der Waals surface area contributed by atoms with Crippen molar-refractivity contribution in [1.29, 1.82) is 0 Å². The lowest BCUT2D eigenvalue weighted by Gasteiger charge is -2.19. The lowest BCUT2D eigenvalue weighted by atomic mass is 10.3. The Morgan fingerprint density at radius 2 is 2.19 bits per heavy atom. The van der Waals surface area contributed by atoms with Gasteiger partial charge in [-0.2, -0.15) is 11.3 Å². The van der Waals surface area contributed by atoms with Crippen molar-refractivity contribution in [3.63, 3.8) is 0 Å². The molecule has 3 aromatic rings. The summed E-state index contributed by atoms with van der Waals surface area (Å²) in [5, 5.41) is 4.34. The van der Waals surface area contributed by atoms with Crippen LogP contribution in [0.2, 0.25) is 0 Å². The van der Waals surface area contributed by atoms with Gasteiger partial charge < -0.3 is 10.2 Å². The van der Waals surface area contributed by atoms with Crippen molar-refractivity contribution in [3.05, 3.63) is 46.5 Å². The molecule has 0 aliphatic heterocycles. The van der Waals surface area contributed by atoms with Crippen LogP contribution in [0.1, 0.15) is 24.3 Å². The highest BCUT2D eigenvalue weighted by Gasteiger charge is 2.30. The van der Waals surface area contributed by atoms with Gasteiger partial charge in [0.15, 0.2) is 5.58 Å². The van der Waals surface area contributed by atoms with Gasteiger partial charge in [-0.05, 0) is 47.4 Å².